The molecule has 2 aromatic rings. The molecule has 1 atom stereocenters. The minimum absolute atomic E-state index is 0.0159. The number of carboxylic acids is 1. The largest absolute Gasteiger partial charge is 0.477 e. The highest BCUT2D eigenvalue weighted by molar-refractivity contribution is 5.94. The molecule has 126 valence electrons. The second kappa shape index (κ2) is 5.76. The van der Waals surface area contributed by atoms with Gasteiger partial charge in [0.1, 0.15) is 11.4 Å². The van der Waals surface area contributed by atoms with Gasteiger partial charge in [-0.1, -0.05) is 6.58 Å². The standard InChI is InChI=1S/C17H18FN3O3/c1-9(2)21-8-12(17(23)24)16(22)11-5-13(18)15(6-14(11)21)20-4-3-10(19)7-20/h5-6,8,10H,1,3-4,7,19H2,2H3,(H,23,24)/t10-/m0/s1. The van der Waals surface area contributed by atoms with Crippen molar-refractivity contribution in [2.24, 2.45) is 5.73 Å². The fourth-order valence-corrected chi connectivity index (χ4v) is 3.05. The number of anilines is 1. The fourth-order valence-electron chi connectivity index (χ4n) is 3.05. The molecule has 2 heterocycles. The summed E-state index contributed by atoms with van der Waals surface area (Å²) in [6, 6.07) is 2.64. The van der Waals surface area contributed by atoms with Crippen molar-refractivity contribution in [3.63, 3.8) is 0 Å². The Morgan fingerprint density at radius 3 is 2.71 bits per heavy atom. The number of halogens is 1. The van der Waals surface area contributed by atoms with E-state index in [2.05, 4.69) is 6.58 Å². The van der Waals surface area contributed by atoms with Gasteiger partial charge in [0.15, 0.2) is 0 Å². The van der Waals surface area contributed by atoms with Crippen molar-refractivity contribution in [2.45, 2.75) is 19.4 Å². The van der Waals surface area contributed by atoms with Crippen LogP contribution in [0.4, 0.5) is 10.1 Å². The molecule has 7 heteroatoms. The zero-order valence-electron chi connectivity index (χ0n) is 13.3. The van der Waals surface area contributed by atoms with Crippen molar-refractivity contribution in [1.29, 1.82) is 0 Å². The third-order valence-electron chi connectivity index (χ3n) is 4.28. The first-order valence-corrected chi connectivity index (χ1v) is 7.58. The van der Waals surface area contributed by atoms with E-state index in [1.54, 1.807) is 13.0 Å². The van der Waals surface area contributed by atoms with Crippen LogP contribution < -0.4 is 16.1 Å². The number of pyridine rings is 1. The summed E-state index contributed by atoms with van der Waals surface area (Å²) >= 11 is 0. The lowest BCUT2D eigenvalue weighted by molar-refractivity contribution is 0.0695. The highest BCUT2D eigenvalue weighted by Crippen LogP contribution is 2.28. The van der Waals surface area contributed by atoms with E-state index in [9.17, 15) is 19.1 Å². The molecule has 1 aliphatic rings. The molecule has 1 fully saturated rings. The summed E-state index contributed by atoms with van der Waals surface area (Å²) < 4.78 is 16.0. The number of benzene rings is 1. The number of allylic oxidation sites excluding steroid dienone is 1. The molecule has 1 saturated heterocycles. The number of carbonyl (C=O) groups is 1. The molecule has 1 aliphatic heterocycles. The third-order valence-corrected chi connectivity index (χ3v) is 4.28. The Hall–Kier alpha value is -2.67. The van der Waals surface area contributed by atoms with E-state index in [1.807, 2.05) is 4.90 Å². The summed E-state index contributed by atoms with van der Waals surface area (Å²) in [7, 11) is 0. The second-order valence-corrected chi connectivity index (χ2v) is 6.10. The van der Waals surface area contributed by atoms with Crippen molar-refractivity contribution in [2.75, 3.05) is 18.0 Å². The Kier molecular flexibility index (Phi) is 3.88. The van der Waals surface area contributed by atoms with E-state index < -0.39 is 22.8 Å². The van der Waals surface area contributed by atoms with Crippen molar-refractivity contribution in [1.82, 2.24) is 4.57 Å². The maximum absolute atomic E-state index is 14.5. The molecule has 3 N–H and O–H groups in total. The first-order chi connectivity index (χ1) is 11.3. The molecule has 0 spiro atoms. The van der Waals surface area contributed by atoms with Gasteiger partial charge in [0.25, 0.3) is 0 Å². The highest BCUT2D eigenvalue weighted by Gasteiger charge is 2.24. The lowest BCUT2D eigenvalue weighted by Crippen LogP contribution is -2.27. The number of nitrogens with zero attached hydrogens (tertiary/aromatic N) is 2. The van der Waals surface area contributed by atoms with E-state index in [1.165, 1.54) is 10.8 Å². The Bertz CT molecular complexity index is 919. The van der Waals surface area contributed by atoms with E-state index in [0.29, 0.717) is 30.0 Å². The Balaban J connectivity index is 2.31. The average Bonchev–Trinajstić information content (AvgIpc) is 2.93. The first-order valence-electron chi connectivity index (χ1n) is 7.58. The number of fused-ring (bicyclic) bond motifs is 1. The molecule has 0 amide bonds. The van der Waals surface area contributed by atoms with E-state index in [0.717, 1.165) is 12.5 Å². The molecule has 0 bridgehead atoms. The van der Waals surface area contributed by atoms with Crippen molar-refractivity contribution in [3.8, 4) is 0 Å². The molecule has 0 saturated carbocycles. The Morgan fingerprint density at radius 2 is 2.17 bits per heavy atom. The normalized spacial score (nSPS) is 17.5. The molecule has 0 unspecified atom stereocenters. The van der Waals surface area contributed by atoms with Gasteiger partial charge in [-0.2, -0.15) is 0 Å². The molecule has 3 rings (SSSR count). The van der Waals surface area contributed by atoms with Crippen molar-refractivity contribution in [3.05, 3.63) is 46.5 Å². The van der Waals surface area contributed by atoms with Crippen LogP contribution in [0.25, 0.3) is 16.6 Å². The van der Waals surface area contributed by atoms with Gasteiger partial charge in [0.2, 0.25) is 5.43 Å². The lowest BCUT2D eigenvalue weighted by atomic mass is 10.1. The highest BCUT2D eigenvalue weighted by atomic mass is 19.1. The predicted molar refractivity (Wildman–Crippen MR) is 90.9 cm³/mol. The number of hydrogen-bond donors (Lipinski definition) is 2. The van der Waals surface area contributed by atoms with Crippen molar-refractivity contribution >= 4 is 28.3 Å². The predicted octanol–water partition coefficient (Wildman–Crippen LogP) is 1.87. The summed E-state index contributed by atoms with van der Waals surface area (Å²) in [5.74, 6) is -1.92. The quantitative estimate of drug-likeness (QED) is 0.896. The zero-order valence-corrected chi connectivity index (χ0v) is 13.3. The summed E-state index contributed by atoms with van der Waals surface area (Å²) in [6.07, 6.45) is 2.00. The van der Waals surface area contributed by atoms with Crippen LogP contribution in [-0.2, 0) is 0 Å². The van der Waals surface area contributed by atoms with Gasteiger partial charge in [-0.05, 0) is 25.5 Å². The lowest BCUT2D eigenvalue weighted by Gasteiger charge is -2.21. The summed E-state index contributed by atoms with van der Waals surface area (Å²) in [5, 5.41) is 9.21. The molecule has 1 aromatic heterocycles. The van der Waals surface area contributed by atoms with Gasteiger partial charge in [-0.25, -0.2) is 9.18 Å². The van der Waals surface area contributed by atoms with Gasteiger partial charge in [-0.3, -0.25) is 4.79 Å². The third kappa shape index (κ3) is 2.56. The smallest absolute Gasteiger partial charge is 0.341 e. The number of rotatable bonds is 3. The second-order valence-electron chi connectivity index (χ2n) is 6.10. The maximum atomic E-state index is 14.5. The maximum Gasteiger partial charge on any atom is 0.341 e. The summed E-state index contributed by atoms with van der Waals surface area (Å²) in [6.45, 7) is 6.66. The van der Waals surface area contributed by atoms with Crippen LogP contribution in [-0.4, -0.2) is 34.8 Å². The first kappa shape index (κ1) is 16.2. The zero-order chi connectivity index (χ0) is 17.6. The van der Waals surface area contributed by atoms with Gasteiger partial charge in [0, 0.05) is 36.4 Å². The molecule has 6 nitrogen and oxygen atoms in total. The van der Waals surface area contributed by atoms with E-state index in [4.69, 9.17) is 5.73 Å². The fraction of sp³-hybridized carbons (Fsp3) is 0.294. The van der Waals surface area contributed by atoms with Crippen LogP contribution in [0.5, 0.6) is 0 Å². The SMILES string of the molecule is C=C(C)n1cc(C(=O)O)c(=O)c2cc(F)c(N3CC[C@H](N)C3)cc21. The number of carboxylic acid groups (broad SMARTS) is 1. The molecule has 1 aromatic carbocycles. The summed E-state index contributed by atoms with van der Waals surface area (Å²) in [4.78, 5) is 25.5. The minimum Gasteiger partial charge on any atom is -0.477 e. The molecule has 0 aliphatic carbocycles. The van der Waals surface area contributed by atoms with Crippen LogP contribution in [0, 0.1) is 5.82 Å². The van der Waals surface area contributed by atoms with Crippen molar-refractivity contribution < 1.29 is 14.3 Å². The van der Waals surface area contributed by atoms with Crippen LogP contribution >= 0.6 is 0 Å². The van der Waals surface area contributed by atoms with Gasteiger partial charge in [0.05, 0.1) is 11.2 Å². The topological polar surface area (TPSA) is 88.6 Å². The monoisotopic (exact) mass is 331 g/mol. The Morgan fingerprint density at radius 1 is 1.46 bits per heavy atom. The van der Waals surface area contributed by atoms with Crippen LogP contribution in [0.2, 0.25) is 0 Å². The number of nitrogens with two attached hydrogens (primary N) is 1. The molecule has 24 heavy (non-hydrogen) atoms. The van der Waals surface area contributed by atoms with Gasteiger partial charge in [-0.15, -0.1) is 0 Å². The minimum atomic E-state index is -1.35. The number of aromatic carboxylic acids is 1. The molecular formula is C17H18FN3O3. The van der Waals surface area contributed by atoms with E-state index in [-0.39, 0.29) is 11.4 Å². The number of aromatic nitrogens is 1. The average molecular weight is 331 g/mol. The van der Waals surface area contributed by atoms with E-state index >= 15 is 0 Å². The molecular weight excluding hydrogens is 313 g/mol. The van der Waals surface area contributed by atoms with Gasteiger partial charge < -0.3 is 20.3 Å². The Labute approximate surface area is 137 Å². The summed E-state index contributed by atoms with van der Waals surface area (Å²) in [5.41, 5.74) is 6.06. The number of hydrogen-bond acceptors (Lipinski definition) is 4. The van der Waals surface area contributed by atoms with Gasteiger partial charge >= 0.3 is 5.97 Å². The van der Waals surface area contributed by atoms with Crippen LogP contribution in [0.15, 0.2) is 29.7 Å². The van der Waals surface area contributed by atoms with Crippen LogP contribution in [0.3, 0.4) is 0 Å². The van der Waals surface area contributed by atoms with Crippen LogP contribution in [0.1, 0.15) is 23.7 Å². The molecule has 0 radical (unpaired) electrons.